The standard InChI is InChI=1S/C20H19ClN4O4/c1-13(2)24(20(26)15-6-4-8-17(12-15)25(27)28)10-9-18-22-19(23-29-18)14-5-3-7-16(21)11-14/h3-8,11-13H,9-10H2,1-2H3. The van der Waals surface area contributed by atoms with Crippen LogP contribution in [0.2, 0.25) is 5.02 Å². The van der Waals surface area contributed by atoms with Gasteiger partial charge in [0, 0.05) is 47.3 Å². The summed E-state index contributed by atoms with van der Waals surface area (Å²) in [5.74, 6) is 0.513. The highest BCUT2D eigenvalue weighted by molar-refractivity contribution is 6.30. The minimum atomic E-state index is -0.522. The Morgan fingerprint density at radius 1 is 1.24 bits per heavy atom. The molecule has 0 spiro atoms. The first-order chi connectivity index (χ1) is 13.8. The van der Waals surface area contributed by atoms with Crippen molar-refractivity contribution in [3.05, 3.63) is 75.1 Å². The van der Waals surface area contributed by atoms with E-state index < -0.39 is 4.92 Å². The van der Waals surface area contributed by atoms with E-state index in [0.29, 0.717) is 29.7 Å². The molecule has 150 valence electrons. The van der Waals surface area contributed by atoms with Gasteiger partial charge in [-0.25, -0.2) is 0 Å². The lowest BCUT2D eigenvalue weighted by atomic mass is 10.1. The lowest BCUT2D eigenvalue weighted by Gasteiger charge is -2.26. The second-order valence-corrected chi connectivity index (χ2v) is 7.11. The van der Waals surface area contributed by atoms with Crippen LogP contribution < -0.4 is 0 Å². The van der Waals surface area contributed by atoms with E-state index in [9.17, 15) is 14.9 Å². The van der Waals surface area contributed by atoms with Crippen molar-refractivity contribution in [2.45, 2.75) is 26.3 Å². The highest BCUT2D eigenvalue weighted by Gasteiger charge is 2.21. The molecule has 0 aliphatic rings. The minimum absolute atomic E-state index is 0.114. The molecule has 1 amide bonds. The number of rotatable bonds is 7. The van der Waals surface area contributed by atoms with Crippen LogP contribution in [0.5, 0.6) is 0 Å². The molecule has 1 heterocycles. The van der Waals surface area contributed by atoms with Crippen LogP contribution in [0.3, 0.4) is 0 Å². The molecule has 0 N–H and O–H groups in total. The van der Waals surface area contributed by atoms with Crippen molar-refractivity contribution in [2.75, 3.05) is 6.54 Å². The zero-order valence-corrected chi connectivity index (χ0v) is 16.7. The molecular formula is C20H19ClN4O4. The quantitative estimate of drug-likeness (QED) is 0.419. The van der Waals surface area contributed by atoms with E-state index >= 15 is 0 Å². The maximum absolute atomic E-state index is 12.9. The van der Waals surface area contributed by atoms with E-state index in [2.05, 4.69) is 10.1 Å². The van der Waals surface area contributed by atoms with Crippen LogP contribution in [0.15, 0.2) is 53.1 Å². The monoisotopic (exact) mass is 414 g/mol. The summed E-state index contributed by atoms with van der Waals surface area (Å²) in [5, 5.41) is 15.5. The number of nitro groups is 1. The van der Waals surface area contributed by atoms with Crippen molar-refractivity contribution in [3.8, 4) is 11.4 Å². The van der Waals surface area contributed by atoms with Gasteiger partial charge in [-0.05, 0) is 32.0 Å². The normalized spacial score (nSPS) is 10.9. The molecule has 0 saturated heterocycles. The fourth-order valence-electron chi connectivity index (χ4n) is 2.83. The fourth-order valence-corrected chi connectivity index (χ4v) is 3.02. The van der Waals surface area contributed by atoms with Gasteiger partial charge >= 0.3 is 0 Å². The summed E-state index contributed by atoms with van der Waals surface area (Å²) >= 11 is 5.99. The van der Waals surface area contributed by atoms with Crippen molar-refractivity contribution in [1.82, 2.24) is 15.0 Å². The van der Waals surface area contributed by atoms with E-state index in [0.717, 1.165) is 5.56 Å². The Morgan fingerprint density at radius 3 is 2.69 bits per heavy atom. The van der Waals surface area contributed by atoms with Gasteiger partial charge in [0.25, 0.3) is 11.6 Å². The third-order valence-electron chi connectivity index (χ3n) is 4.31. The molecule has 0 saturated carbocycles. The first-order valence-electron chi connectivity index (χ1n) is 8.99. The molecule has 8 nitrogen and oxygen atoms in total. The molecule has 0 fully saturated rings. The summed E-state index contributed by atoms with van der Waals surface area (Å²) < 4.78 is 5.29. The van der Waals surface area contributed by atoms with Gasteiger partial charge in [0.1, 0.15) is 0 Å². The Bertz CT molecular complexity index is 1030. The molecule has 0 unspecified atom stereocenters. The van der Waals surface area contributed by atoms with Crippen LogP contribution in [0.4, 0.5) is 5.69 Å². The number of carbonyl (C=O) groups is 1. The zero-order valence-electron chi connectivity index (χ0n) is 15.9. The number of nitro benzene ring substituents is 1. The Kier molecular flexibility index (Phi) is 6.23. The lowest BCUT2D eigenvalue weighted by molar-refractivity contribution is -0.384. The van der Waals surface area contributed by atoms with Gasteiger partial charge in [-0.2, -0.15) is 4.98 Å². The van der Waals surface area contributed by atoms with Gasteiger partial charge in [0.2, 0.25) is 11.7 Å². The van der Waals surface area contributed by atoms with E-state index in [4.69, 9.17) is 16.1 Å². The van der Waals surface area contributed by atoms with Crippen LogP contribution in [-0.2, 0) is 6.42 Å². The van der Waals surface area contributed by atoms with Crippen molar-refractivity contribution >= 4 is 23.2 Å². The van der Waals surface area contributed by atoms with Crippen LogP contribution in [-0.4, -0.2) is 38.5 Å². The first-order valence-corrected chi connectivity index (χ1v) is 9.37. The van der Waals surface area contributed by atoms with Gasteiger partial charge in [0.15, 0.2) is 0 Å². The van der Waals surface area contributed by atoms with E-state index in [1.165, 1.54) is 18.2 Å². The number of nitrogens with zero attached hydrogens (tertiary/aromatic N) is 4. The number of aromatic nitrogens is 2. The maximum Gasteiger partial charge on any atom is 0.270 e. The Morgan fingerprint density at radius 2 is 2.00 bits per heavy atom. The number of amides is 1. The molecule has 0 bridgehead atoms. The molecular weight excluding hydrogens is 396 g/mol. The summed E-state index contributed by atoms with van der Waals surface area (Å²) in [6.45, 7) is 4.08. The molecule has 29 heavy (non-hydrogen) atoms. The lowest BCUT2D eigenvalue weighted by Crippen LogP contribution is -2.38. The van der Waals surface area contributed by atoms with Crippen LogP contribution >= 0.6 is 11.6 Å². The summed E-state index contributed by atoms with van der Waals surface area (Å²) in [6.07, 6.45) is 0.354. The largest absolute Gasteiger partial charge is 0.339 e. The molecule has 2 aromatic carbocycles. The Labute approximate surface area is 172 Å². The maximum atomic E-state index is 12.9. The van der Waals surface area contributed by atoms with Gasteiger partial charge in [-0.15, -0.1) is 0 Å². The second-order valence-electron chi connectivity index (χ2n) is 6.67. The molecule has 0 aliphatic heterocycles. The van der Waals surface area contributed by atoms with Gasteiger partial charge in [0.05, 0.1) is 4.92 Å². The minimum Gasteiger partial charge on any atom is -0.339 e. The highest BCUT2D eigenvalue weighted by Crippen LogP contribution is 2.21. The smallest absolute Gasteiger partial charge is 0.270 e. The second kappa shape index (κ2) is 8.83. The van der Waals surface area contributed by atoms with Crippen LogP contribution in [0.1, 0.15) is 30.1 Å². The van der Waals surface area contributed by atoms with Gasteiger partial charge < -0.3 is 9.42 Å². The third-order valence-corrected chi connectivity index (χ3v) is 4.54. The number of carbonyl (C=O) groups excluding carboxylic acids is 1. The SMILES string of the molecule is CC(C)N(CCc1nc(-c2cccc(Cl)c2)no1)C(=O)c1cccc([N+](=O)[O-])c1. The summed E-state index contributed by atoms with van der Waals surface area (Å²) in [6, 6.07) is 12.7. The van der Waals surface area contributed by atoms with Gasteiger partial charge in [-0.1, -0.05) is 35.0 Å². The molecule has 0 radical (unpaired) electrons. The topological polar surface area (TPSA) is 102 Å². The summed E-state index contributed by atoms with van der Waals surface area (Å²) in [5.41, 5.74) is 0.876. The predicted octanol–water partition coefficient (Wildman–Crippen LogP) is 4.39. The van der Waals surface area contributed by atoms with E-state index in [-0.39, 0.29) is 23.2 Å². The van der Waals surface area contributed by atoms with E-state index in [1.54, 1.807) is 29.2 Å². The molecule has 9 heteroatoms. The summed E-state index contributed by atoms with van der Waals surface area (Å²) in [7, 11) is 0. The Balaban J connectivity index is 1.72. The zero-order chi connectivity index (χ0) is 21.0. The average molecular weight is 415 g/mol. The molecule has 0 atom stereocenters. The third kappa shape index (κ3) is 4.97. The number of halogens is 1. The van der Waals surface area contributed by atoms with E-state index in [1.807, 2.05) is 19.9 Å². The van der Waals surface area contributed by atoms with Crippen molar-refractivity contribution in [2.24, 2.45) is 0 Å². The van der Waals surface area contributed by atoms with Crippen molar-refractivity contribution < 1.29 is 14.2 Å². The summed E-state index contributed by atoms with van der Waals surface area (Å²) in [4.78, 5) is 29.3. The average Bonchev–Trinajstić information content (AvgIpc) is 3.17. The first kappa shape index (κ1) is 20.5. The van der Waals surface area contributed by atoms with Crippen molar-refractivity contribution in [3.63, 3.8) is 0 Å². The molecule has 3 rings (SSSR count). The highest BCUT2D eigenvalue weighted by atomic mass is 35.5. The Hall–Kier alpha value is -3.26. The van der Waals surface area contributed by atoms with Crippen LogP contribution in [0, 0.1) is 10.1 Å². The molecule has 1 aromatic heterocycles. The van der Waals surface area contributed by atoms with Crippen LogP contribution in [0.25, 0.3) is 11.4 Å². The molecule has 0 aliphatic carbocycles. The predicted molar refractivity (Wildman–Crippen MR) is 108 cm³/mol. The number of benzene rings is 2. The number of non-ortho nitro benzene ring substituents is 1. The molecule has 3 aromatic rings. The van der Waals surface area contributed by atoms with Crippen molar-refractivity contribution in [1.29, 1.82) is 0 Å². The van der Waals surface area contributed by atoms with Gasteiger partial charge in [-0.3, -0.25) is 14.9 Å². The fraction of sp³-hybridized carbons (Fsp3) is 0.250. The number of hydrogen-bond acceptors (Lipinski definition) is 6. The number of hydrogen-bond donors (Lipinski definition) is 0.